The summed E-state index contributed by atoms with van der Waals surface area (Å²) in [4.78, 5) is 8.52. The normalized spacial score (nSPS) is 12.4. The Labute approximate surface area is 120 Å². The molecule has 3 heterocycles. The minimum atomic E-state index is 0. The van der Waals surface area contributed by atoms with Crippen LogP contribution in [0, 0.1) is 0 Å². The first-order valence-corrected chi connectivity index (χ1v) is 5.80. The molecule has 1 aromatic carbocycles. The monoisotopic (exact) mass is 290 g/mol. The SMILES string of the molecule is Cl.Nc1c(-c2ccc3c(c2)OCO3)nc2cnccn12. The van der Waals surface area contributed by atoms with E-state index in [1.807, 2.05) is 18.2 Å². The van der Waals surface area contributed by atoms with Gasteiger partial charge in [0, 0.05) is 18.0 Å². The number of nitrogen functional groups attached to an aromatic ring is 1. The van der Waals surface area contributed by atoms with Gasteiger partial charge in [0.15, 0.2) is 17.1 Å². The van der Waals surface area contributed by atoms with Gasteiger partial charge in [0.2, 0.25) is 6.79 Å². The zero-order valence-electron chi connectivity index (χ0n) is 10.3. The summed E-state index contributed by atoms with van der Waals surface area (Å²) in [5, 5.41) is 0. The van der Waals surface area contributed by atoms with Gasteiger partial charge in [0.05, 0.1) is 6.20 Å². The van der Waals surface area contributed by atoms with Crippen LogP contribution in [0.15, 0.2) is 36.8 Å². The van der Waals surface area contributed by atoms with Gasteiger partial charge in [-0.3, -0.25) is 9.38 Å². The van der Waals surface area contributed by atoms with Crippen LogP contribution in [-0.4, -0.2) is 21.2 Å². The molecular formula is C13H11ClN4O2. The van der Waals surface area contributed by atoms with E-state index in [0.717, 1.165) is 11.3 Å². The number of aromatic nitrogens is 3. The largest absolute Gasteiger partial charge is 0.454 e. The van der Waals surface area contributed by atoms with Crippen molar-refractivity contribution in [2.24, 2.45) is 0 Å². The topological polar surface area (TPSA) is 74.7 Å². The number of hydrogen-bond donors (Lipinski definition) is 1. The Bertz CT molecular complexity index is 787. The van der Waals surface area contributed by atoms with Crippen LogP contribution in [-0.2, 0) is 0 Å². The minimum Gasteiger partial charge on any atom is -0.454 e. The zero-order chi connectivity index (χ0) is 12.8. The molecule has 2 aromatic heterocycles. The summed E-state index contributed by atoms with van der Waals surface area (Å²) in [6.45, 7) is 0.253. The second kappa shape index (κ2) is 4.57. The highest BCUT2D eigenvalue weighted by Gasteiger charge is 2.17. The van der Waals surface area contributed by atoms with Crippen LogP contribution < -0.4 is 15.2 Å². The zero-order valence-corrected chi connectivity index (χ0v) is 11.1. The van der Waals surface area contributed by atoms with Gasteiger partial charge in [-0.15, -0.1) is 12.4 Å². The van der Waals surface area contributed by atoms with Crippen LogP contribution in [0.2, 0.25) is 0 Å². The van der Waals surface area contributed by atoms with Crippen LogP contribution in [0.3, 0.4) is 0 Å². The van der Waals surface area contributed by atoms with E-state index in [2.05, 4.69) is 9.97 Å². The minimum absolute atomic E-state index is 0. The second-order valence-electron chi connectivity index (χ2n) is 4.22. The van der Waals surface area contributed by atoms with E-state index in [4.69, 9.17) is 15.2 Å². The van der Waals surface area contributed by atoms with Crippen molar-refractivity contribution < 1.29 is 9.47 Å². The third-order valence-corrected chi connectivity index (χ3v) is 3.11. The molecule has 7 heteroatoms. The highest BCUT2D eigenvalue weighted by Crippen LogP contribution is 2.37. The van der Waals surface area contributed by atoms with E-state index in [1.54, 1.807) is 23.0 Å². The molecule has 0 amide bonds. The predicted molar refractivity (Wildman–Crippen MR) is 76.2 cm³/mol. The van der Waals surface area contributed by atoms with Crippen LogP contribution in [0.5, 0.6) is 11.5 Å². The van der Waals surface area contributed by atoms with Crippen molar-refractivity contribution in [3.8, 4) is 22.8 Å². The van der Waals surface area contributed by atoms with Gasteiger partial charge in [-0.1, -0.05) is 0 Å². The highest BCUT2D eigenvalue weighted by molar-refractivity contribution is 5.85. The average molecular weight is 291 g/mol. The van der Waals surface area contributed by atoms with E-state index in [1.165, 1.54) is 0 Å². The lowest BCUT2D eigenvalue weighted by molar-refractivity contribution is 0.174. The molecule has 6 nitrogen and oxygen atoms in total. The maximum Gasteiger partial charge on any atom is 0.231 e. The number of nitrogens with zero attached hydrogens (tertiary/aromatic N) is 3. The van der Waals surface area contributed by atoms with E-state index < -0.39 is 0 Å². The Morgan fingerprint density at radius 2 is 2.05 bits per heavy atom. The number of hydrogen-bond acceptors (Lipinski definition) is 5. The molecule has 0 atom stereocenters. The summed E-state index contributed by atoms with van der Waals surface area (Å²) >= 11 is 0. The number of halogens is 1. The van der Waals surface area contributed by atoms with E-state index in [0.29, 0.717) is 22.9 Å². The summed E-state index contributed by atoms with van der Waals surface area (Å²) in [7, 11) is 0. The molecule has 0 radical (unpaired) electrons. The predicted octanol–water partition coefficient (Wildman–Crippen LogP) is 2.13. The summed E-state index contributed by atoms with van der Waals surface area (Å²) in [6, 6.07) is 5.66. The molecule has 0 saturated heterocycles. The number of benzene rings is 1. The summed E-state index contributed by atoms with van der Waals surface area (Å²) < 4.78 is 12.5. The van der Waals surface area contributed by atoms with Crippen molar-refractivity contribution in [3.63, 3.8) is 0 Å². The summed E-state index contributed by atoms with van der Waals surface area (Å²) in [5.41, 5.74) is 8.44. The Balaban J connectivity index is 0.00000121. The summed E-state index contributed by atoms with van der Waals surface area (Å²) in [5.74, 6) is 2.04. The third kappa shape index (κ3) is 1.73. The summed E-state index contributed by atoms with van der Waals surface area (Å²) in [6.07, 6.45) is 5.13. The lowest BCUT2D eigenvalue weighted by Gasteiger charge is -2.01. The maximum atomic E-state index is 6.12. The molecule has 0 aliphatic carbocycles. The standard InChI is InChI=1S/C13H10N4O2.ClH/c14-13-12(16-11-6-15-3-4-17(11)13)8-1-2-9-10(5-8)19-7-18-9;/h1-6H,7,14H2;1H. The van der Waals surface area contributed by atoms with Gasteiger partial charge in [0.1, 0.15) is 11.5 Å². The van der Waals surface area contributed by atoms with Crippen molar-refractivity contribution in [2.45, 2.75) is 0 Å². The molecule has 0 saturated carbocycles. The van der Waals surface area contributed by atoms with Gasteiger partial charge < -0.3 is 15.2 Å². The molecule has 3 aromatic rings. The number of ether oxygens (including phenoxy) is 2. The highest BCUT2D eigenvalue weighted by atomic mass is 35.5. The van der Waals surface area contributed by atoms with Crippen LogP contribution in [0.4, 0.5) is 5.82 Å². The van der Waals surface area contributed by atoms with Crippen LogP contribution >= 0.6 is 12.4 Å². The fourth-order valence-corrected chi connectivity index (χ4v) is 2.18. The molecular weight excluding hydrogens is 280 g/mol. The quantitative estimate of drug-likeness (QED) is 0.743. The molecule has 2 N–H and O–H groups in total. The molecule has 0 bridgehead atoms. The smallest absolute Gasteiger partial charge is 0.231 e. The lowest BCUT2D eigenvalue weighted by atomic mass is 10.1. The van der Waals surface area contributed by atoms with E-state index in [9.17, 15) is 0 Å². The van der Waals surface area contributed by atoms with Gasteiger partial charge in [-0.05, 0) is 18.2 Å². The molecule has 4 rings (SSSR count). The molecule has 0 spiro atoms. The Kier molecular flexibility index (Phi) is 2.87. The van der Waals surface area contributed by atoms with Gasteiger partial charge >= 0.3 is 0 Å². The second-order valence-corrected chi connectivity index (χ2v) is 4.22. The fraction of sp³-hybridized carbons (Fsp3) is 0.0769. The fourth-order valence-electron chi connectivity index (χ4n) is 2.18. The molecule has 1 aliphatic heterocycles. The molecule has 1 aliphatic rings. The molecule has 0 fully saturated rings. The van der Waals surface area contributed by atoms with Crippen molar-refractivity contribution in [2.75, 3.05) is 12.5 Å². The van der Waals surface area contributed by atoms with Crippen molar-refractivity contribution in [1.29, 1.82) is 0 Å². The number of fused-ring (bicyclic) bond motifs is 2. The van der Waals surface area contributed by atoms with E-state index in [-0.39, 0.29) is 19.2 Å². The van der Waals surface area contributed by atoms with Gasteiger partial charge in [0.25, 0.3) is 0 Å². The number of rotatable bonds is 1. The number of imidazole rings is 1. The Morgan fingerprint density at radius 3 is 2.90 bits per heavy atom. The lowest BCUT2D eigenvalue weighted by Crippen LogP contribution is -1.94. The average Bonchev–Trinajstić information content (AvgIpc) is 3.03. The van der Waals surface area contributed by atoms with E-state index >= 15 is 0 Å². The van der Waals surface area contributed by atoms with Crippen LogP contribution in [0.1, 0.15) is 0 Å². The molecule has 0 unspecified atom stereocenters. The van der Waals surface area contributed by atoms with Crippen LogP contribution in [0.25, 0.3) is 16.9 Å². The molecule has 20 heavy (non-hydrogen) atoms. The van der Waals surface area contributed by atoms with Gasteiger partial charge in [-0.2, -0.15) is 0 Å². The first-order valence-electron chi connectivity index (χ1n) is 5.80. The van der Waals surface area contributed by atoms with Crippen molar-refractivity contribution in [1.82, 2.24) is 14.4 Å². The third-order valence-electron chi connectivity index (χ3n) is 3.11. The van der Waals surface area contributed by atoms with Crippen molar-refractivity contribution in [3.05, 3.63) is 36.8 Å². The van der Waals surface area contributed by atoms with Gasteiger partial charge in [-0.25, -0.2) is 4.98 Å². The van der Waals surface area contributed by atoms with Crippen molar-refractivity contribution >= 4 is 23.9 Å². The number of nitrogens with two attached hydrogens (primary N) is 1. The first-order chi connectivity index (χ1) is 9.33. The maximum absolute atomic E-state index is 6.12. The Morgan fingerprint density at radius 1 is 1.20 bits per heavy atom. The first kappa shape index (κ1) is 12.6. The number of anilines is 1. The molecule has 102 valence electrons. The Hall–Kier alpha value is -2.47.